The number of rotatable bonds is 4. The van der Waals surface area contributed by atoms with Gasteiger partial charge in [-0.25, -0.2) is 0 Å². The van der Waals surface area contributed by atoms with Crippen LogP contribution in [0, 0.1) is 0 Å². The van der Waals surface area contributed by atoms with Gasteiger partial charge < -0.3 is 19.4 Å². The van der Waals surface area contributed by atoms with Gasteiger partial charge in [0, 0.05) is 23.6 Å². The molecule has 1 aliphatic heterocycles. The first-order valence-corrected chi connectivity index (χ1v) is 8.27. The van der Waals surface area contributed by atoms with E-state index in [0.29, 0.717) is 12.2 Å². The molecule has 1 aromatic heterocycles. The van der Waals surface area contributed by atoms with Crippen LogP contribution in [0.25, 0.3) is 10.9 Å². The van der Waals surface area contributed by atoms with Crippen LogP contribution in [-0.2, 0) is 11.2 Å². The summed E-state index contributed by atoms with van der Waals surface area (Å²) >= 11 is 0. The molecule has 0 unspecified atom stereocenters. The maximum atomic E-state index is 6.13. The normalized spacial score (nSPS) is 23.1. The third-order valence-electron chi connectivity index (χ3n) is 5.06. The van der Waals surface area contributed by atoms with E-state index >= 15 is 0 Å². The molecule has 2 heterocycles. The number of morpholine rings is 1. The number of aromatic amines is 1. The molecule has 1 N–H and O–H groups in total. The molecule has 0 aliphatic carbocycles. The van der Waals surface area contributed by atoms with E-state index in [0.717, 1.165) is 16.5 Å². The second kappa shape index (κ2) is 6.52. The van der Waals surface area contributed by atoms with Crippen molar-refractivity contribution in [2.75, 3.05) is 13.7 Å². The molecule has 16 radical (unpaired) electrons. The van der Waals surface area contributed by atoms with Crippen LogP contribution in [0.15, 0.2) is 24.4 Å². The van der Waals surface area contributed by atoms with E-state index in [2.05, 4.69) is 4.98 Å². The van der Waals surface area contributed by atoms with Gasteiger partial charge >= 0.3 is 0 Å². The lowest BCUT2D eigenvalue weighted by Gasteiger charge is -2.70. The molecule has 0 bridgehead atoms. The molecule has 1 aromatic carbocycles. The first-order valence-electron chi connectivity index (χ1n) is 8.27. The lowest BCUT2D eigenvalue weighted by molar-refractivity contribution is -0.111. The van der Waals surface area contributed by atoms with Crippen LogP contribution in [0.1, 0.15) is 5.56 Å². The molecule has 118 valence electrons. The van der Waals surface area contributed by atoms with Crippen LogP contribution in [0.4, 0.5) is 0 Å². The molecule has 0 spiro atoms. The summed E-state index contributed by atoms with van der Waals surface area (Å²) in [5, 5.41) is -7.19. The van der Waals surface area contributed by atoms with Crippen LogP contribution in [0.3, 0.4) is 0 Å². The Morgan fingerprint density at radius 1 is 1.00 bits per heavy atom. The number of nitrogens with zero attached hydrogens (tertiary/aromatic N) is 1. The van der Waals surface area contributed by atoms with Gasteiger partial charge in [-0.1, -0.05) is 6.07 Å². The highest BCUT2D eigenvalue weighted by molar-refractivity contribution is 6.59. The number of hydrogen-bond donors (Lipinski definition) is 1. The number of aromatic nitrogens is 1. The van der Waals surface area contributed by atoms with Crippen molar-refractivity contribution in [3.63, 3.8) is 0 Å². The summed E-state index contributed by atoms with van der Waals surface area (Å²) in [6, 6.07) is 5.67. The molecule has 3 rings (SSSR count). The summed E-state index contributed by atoms with van der Waals surface area (Å²) in [6.07, 6.45) is 2.26. The number of benzene rings is 1. The van der Waals surface area contributed by atoms with Crippen LogP contribution in [-0.4, -0.2) is 108 Å². The number of ether oxygens (including phenoxy) is 2. The standard InChI is InChI=1S/C15H12B8N2O2/c1-26-10-4-2-3-9-11(10)8(7-24-9)5-6-25-12(16,17)14(20,21)27-15(22,23)13(25,18)19/h2-4,7,24H,5-6H2,1H3. The molecule has 1 saturated heterocycles. The summed E-state index contributed by atoms with van der Waals surface area (Å²) in [5.74, 6) is 0.711. The zero-order valence-electron chi connectivity index (χ0n) is 15.1. The van der Waals surface area contributed by atoms with E-state index in [-0.39, 0.29) is 6.54 Å². The van der Waals surface area contributed by atoms with Crippen molar-refractivity contribution >= 4 is 73.7 Å². The number of hydrogen-bond acceptors (Lipinski definition) is 3. The van der Waals surface area contributed by atoms with Crippen LogP contribution in [0.2, 0.25) is 0 Å². The number of methoxy groups -OCH3 is 1. The average Bonchev–Trinajstić information content (AvgIpc) is 2.95. The topological polar surface area (TPSA) is 37.5 Å². The van der Waals surface area contributed by atoms with Crippen molar-refractivity contribution < 1.29 is 9.47 Å². The first kappa shape index (κ1) is 20.7. The third-order valence-corrected chi connectivity index (χ3v) is 5.06. The van der Waals surface area contributed by atoms with E-state index in [4.69, 9.17) is 72.2 Å². The summed E-state index contributed by atoms with van der Waals surface area (Å²) in [7, 11) is 49.7. The lowest BCUT2D eigenvalue weighted by atomic mass is 9.30. The number of fused-ring (bicyclic) bond motifs is 1. The van der Waals surface area contributed by atoms with E-state index in [1.807, 2.05) is 24.4 Å². The fourth-order valence-corrected chi connectivity index (χ4v) is 3.36. The zero-order chi connectivity index (χ0) is 20.3. The molecule has 2 aromatic rings. The molecule has 0 saturated carbocycles. The molecule has 27 heavy (non-hydrogen) atoms. The fourth-order valence-electron chi connectivity index (χ4n) is 3.36. The highest BCUT2D eigenvalue weighted by atomic mass is 16.5. The Bertz CT molecular complexity index is 825. The van der Waals surface area contributed by atoms with Crippen molar-refractivity contribution in [1.29, 1.82) is 0 Å². The van der Waals surface area contributed by atoms with E-state index in [1.165, 1.54) is 4.90 Å². The largest absolute Gasteiger partial charge is 0.496 e. The van der Waals surface area contributed by atoms with Crippen LogP contribution < -0.4 is 4.74 Å². The Hall–Kier alpha value is -1.00. The maximum Gasteiger partial charge on any atom is 0.128 e. The quantitative estimate of drug-likeness (QED) is 0.656. The number of nitrogens with one attached hydrogen (secondary N) is 1. The molecule has 0 amide bonds. The second-order valence-corrected chi connectivity index (χ2v) is 6.94. The zero-order valence-corrected chi connectivity index (χ0v) is 15.1. The Balaban J connectivity index is 1.96. The number of H-pyrrole nitrogens is 1. The van der Waals surface area contributed by atoms with Crippen molar-refractivity contribution in [3.05, 3.63) is 30.0 Å². The average molecular weight is 339 g/mol. The summed E-state index contributed by atoms with van der Waals surface area (Å²) in [6.45, 7) is 0.140. The van der Waals surface area contributed by atoms with E-state index < -0.39 is 21.5 Å². The predicted octanol–water partition coefficient (Wildman–Crippen LogP) is -1.99. The molecule has 12 heteroatoms. The smallest absolute Gasteiger partial charge is 0.128 e. The van der Waals surface area contributed by atoms with Gasteiger partial charge in [0.15, 0.2) is 0 Å². The molecule has 4 nitrogen and oxygen atoms in total. The van der Waals surface area contributed by atoms with Gasteiger partial charge in [0.2, 0.25) is 0 Å². The maximum absolute atomic E-state index is 6.13. The Kier molecular flexibility index (Phi) is 5.00. The summed E-state index contributed by atoms with van der Waals surface area (Å²) < 4.78 is 10.6. The second-order valence-electron chi connectivity index (χ2n) is 6.94. The molecule has 0 atom stereocenters. The fraction of sp³-hybridized carbons (Fsp3) is 0.467. The highest BCUT2D eigenvalue weighted by Gasteiger charge is 2.56. The SMILES string of the molecule is [B]C1([B])OC([B])([B])C([B])([B])N(CCc2c[nH]c3cccc(OC)c23)C1([B])[B]. The van der Waals surface area contributed by atoms with E-state index in [9.17, 15) is 0 Å². The Labute approximate surface area is 170 Å². The highest BCUT2D eigenvalue weighted by Crippen LogP contribution is 2.40. The van der Waals surface area contributed by atoms with Gasteiger partial charge in [-0.2, -0.15) is 0 Å². The summed E-state index contributed by atoms with van der Waals surface area (Å²) in [5.41, 5.74) is 1.82. The van der Waals surface area contributed by atoms with Crippen LogP contribution >= 0.6 is 0 Å². The molecular formula is C15H12B8N2O2. The van der Waals surface area contributed by atoms with Gasteiger partial charge in [0.05, 0.1) is 69.9 Å². The Morgan fingerprint density at radius 3 is 2.15 bits per heavy atom. The van der Waals surface area contributed by atoms with Gasteiger partial charge in [-0.15, -0.1) is 0 Å². The minimum absolute atomic E-state index is 0.140. The minimum Gasteiger partial charge on any atom is -0.496 e. The third kappa shape index (κ3) is 3.13. The van der Waals surface area contributed by atoms with Crippen molar-refractivity contribution in [1.82, 2.24) is 9.88 Å². The molecule has 1 aliphatic rings. The Morgan fingerprint density at radius 2 is 1.59 bits per heavy atom. The van der Waals surface area contributed by atoms with Gasteiger partial charge in [-0.3, -0.25) is 0 Å². The van der Waals surface area contributed by atoms with Gasteiger partial charge in [-0.05, 0) is 45.6 Å². The monoisotopic (exact) mass is 340 g/mol. The van der Waals surface area contributed by atoms with Crippen molar-refractivity contribution in [3.8, 4) is 5.75 Å². The molecular weight excluding hydrogens is 327 g/mol. The minimum atomic E-state index is -2.10. The van der Waals surface area contributed by atoms with Crippen LogP contribution in [0.5, 0.6) is 5.75 Å². The first-order chi connectivity index (χ1) is 12.3. The van der Waals surface area contributed by atoms with E-state index in [1.54, 1.807) is 7.11 Å². The molecule has 1 fully saturated rings. The van der Waals surface area contributed by atoms with Crippen molar-refractivity contribution in [2.45, 2.75) is 27.9 Å². The van der Waals surface area contributed by atoms with Gasteiger partial charge in [0.25, 0.3) is 0 Å². The van der Waals surface area contributed by atoms with Crippen molar-refractivity contribution in [2.24, 2.45) is 0 Å². The van der Waals surface area contributed by atoms with Gasteiger partial charge in [0.1, 0.15) is 5.75 Å². The summed E-state index contributed by atoms with van der Waals surface area (Å²) in [4.78, 5) is 4.43. The lowest BCUT2D eigenvalue weighted by Crippen LogP contribution is -2.86. The predicted molar refractivity (Wildman–Crippen MR) is 113 cm³/mol.